The largest absolute Gasteiger partial charge is 0.465 e. The molecule has 0 bridgehead atoms. The van der Waals surface area contributed by atoms with Gasteiger partial charge in [-0.15, -0.1) is 0 Å². The molecule has 1 aliphatic heterocycles. The van der Waals surface area contributed by atoms with E-state index in [1.165, 1.54) is 13.2 Å². The highest BCUT2D eigenvalue weighted by Gasteiger charge is 2.34. The Bertz CT molecular complexity index is 782. The molecular weight excluding hydrogens is 282 g/mol. The number of nitrogens with zero attached hydrogens (tertiary/aromatic N) is 1. The molecule has 5 heteroatoms. The van der Waals surface area contributed by atoms with Crippen LogP contribution in [0.3, 0.4) is 0 Å². The van der Waals surface area contributed by atoms with E-state index in [0.717, 1.165) is 4.90 Å². The summed E-state index contributed by atoms with van der Waals surface area (Å²) >= 11 is 0. The van der Waals surface area contributed by atoms with Gasteiger partial charge in [0.2, 0.25) is 5.91 Å². The van der Waals surface area contributed by atoms with Gasteiger partial charge in [0.1, 0.15) is 0 Å². The van der Waals surface area contributed by atoms with Crippen molar-refractivity contribution in [2.75, 3.05) is 12.0 Å². The van der Waals surface area contributed by atoms with Crippen molar-refractivity contribution < 1.29 is 19.1 Å². The average molecular weight is 295 g/mol. The number of anilines is 1. The van der Waals surface area contributed by atoms with E-state index in [-0.39, 0.29) is 23.6 Å². The van der Waals surface area contributed by atoms with E-state index < -0.39 is 11.9 Å². The molecule has 0 atom stereocenters. The van der Waals surface area contributed by atoms with Crippen molar-refractivity contribution in [1.29, 1.82) is 0 Å². The van der Waals surface area contributed by atoms with Gasteiger partial charge in [-0.3, -0.25) is 9.59 Å². The number of benzene rings is 2. The van der Waals surface area contributed by atoms with Gasteiger partial charge in [0.15, 0.2) is 0 Å². The van der Waals surface area contributed by atoms with E-state index in [1.807, 2.05) is 0 Å². The first-order valence-electron chi connectivity index (χ1n) is 6.76. The van der Waals surface area contributed by atoms with Crippen molar-refractivity contribution >= 4 is 23.5 Å². The van der Waals surface area contributed by atoms with Crippen LogP contribution >= 0.6 is 0 Å². The Labute approximate surface area is 127 Å². The molecule has 2 aromatic rings. The first-order chi connectivity index (χ1) is 10.6. The van der Waals surface area contributed by atoms with Crippen LogP contribution in [0.15, 0.2) is 48.5 Å². The number of amides is 2. The maximum atomic E-state index is 12.6. The summed E-state index contributed by atoms with van der Waals surface area (Å²) in [6.45, 7) is 0. The minimum atomic E-state index is -0.588. The molecule has 110 valence electrons. The standard InChI is InChI=1S/C17H13NO4/c1-22-17(21)13-8-4-5-9-14(13)18-15(19)10-11-6-2-3-7-12(11)16(18)20/h2-9H,10H2,1H3. The molecule has 0 fully saturated rings. The average Bonchev–Trinajstić information content (AvgIpc) is 2.54. The molecule has 0 unspecified atom stereocenters. The molecule has 0 aromatic heterocycles. The van der Waals surface area contributed by atoms with Crippen LogP contribution in [0.4, 0.5) is 5.69 Å². The van der Waals surface area contributed by atoms with Crippen LogP contribution in [-0.4, -0.2) is 24.9 Å². The van der Waals surface area contributed by atoms with Gasteiger partial charge in [-0.25, -0.2) is 9.69 Å². The van der Waals surface area contributed by atoms with E-state index in [0.29, 0.717) is 11.1 Å². The van der Waals surface area contributed by atoms with Crippen LogP contribution in [-0.2, 0) is 16.0 Å². The molecule has 0 aliphatic carbocycles. The van der Waals surface area contributed by atoms with Crippen LogP contribution < -0.4 is 4.90 Å². The number of imide groups is 1. The van der Waals surface area contributed by atoms with Gasteiger partial charge in [0, 0.05) is 5.56 Å². The number of fused-ring (bicyclic) bond motifs is 1. The lowest BCUT2D eigenvalue weighted by Crippen LogP contribution is -2.43. The normalized spacial score (nSPS) is 13.8. The Hall–Kier alpha value is -2.95. The fourth-order valence-corrected chi connectivity index (χ4v) is 2.55. The van der Waals surface area contributed by atoms with Gasteiger partial charge >= 0.3 is 5.97 Å². The molecular formula is C17H13NO4. The SMILES string of the molecule is COC(=O)c1ccccc1N1C(=O)Cc2ccccc2C1=O. The van der Waals surface area contributed by atoms with Crippen molar-refractivity contribution in [3.05, 3.63) is 65.2 Å². The summed E-state index contributed by atoms with van der Waals surface area (Å²) in [6.07, 6.45) is 0.122. The van der Waals surface area contributed by atoms with Gasteiger partial charge in [-0.1, -0.05) is 30.3 Å². The van der Waals surface area contributed by atoms with Crippen LogP contribution in [0, 0.1) is 0 Å². The molecule has 0 N–H and O–H groups in total. The zero-order valence-electron chi connectivity index (χ0n) is 11.9. The first kappa shape index (κ1) is 14.0. The smallest absolute Gasteiger partial charge is 0.339 e. The minimum Gasteiger partial charge on any atom is -0.465 e. The second-order valence-electron chi connectivity index (χ2n) is 4.88. The van der Waals surface area contributed by atoms with Crippen molar-refractivity contribution in [2.24, 2.45) is 0 Å². The number of rotatable bonds is 2. The van der Waals surface area contributed by atoms with Crippen molar-refractivity contribution in [3.8, 4) is 0 Å². The maximum Gasteiger partial charge on any atom is 0.339 e. The lowest BCUT2D eigenvalue weighted by Gasteiger charge is -2.27. The van der Waals surface area contributed by atoms with E-state index in [2.05, 4.69) is 0 Å². The van der Waals surface area contributed by atoms with Crippen molar-refractivity contribution in [1.82, 2.24) is 0 Å². The summed E-state index contributed by atoms with van der Waals surface area (Å²) < 4.78 is 4.72. The lowest BCUT2D eigenvalue weighted by atomic mass is 9.97. The van der Waals surface area contributed by atoms with Gasteiger partial charge in [0.05, 0.1) is 24.8 Å². The van der Waals surface area contributed by atoms with E-state index in [1.54, 1.807) is 42.5 Å². The second-order valence-corrected chi connectivity index (χ2v) is 4.88. The number of carbonyl (C=O) groups is 3. The maximum absolute atomic E-state index is 12.6. The third-order valence-corrected chi connectivity index (χ3v) is 3.59. The first-order valence-corrected chi connectivity index (χ1v) is 6.76. The summed E-state index contributed by atoms with van der Waals surface area (Å²) in [5, 5.41) is 0. The second kappa shape index (κ2) is 5.44. The Morgan fingerprint density at radius 3 is 2.50 bits per heavy atom. The monoisotopic (exact) mass is 295 g/mol. The molecule has 2 amide bonds. The predicted octanol–water partition coefficient (Wildman–Crippen LogP) is 2.20. The van der Waals surface area contributed by atoms with Gasteiger partial charge in [0.25, 0.3) is 5.91 Å². The quantitative estimate of drug-likeness (QED) is 0.629. The van der Waals surface area contributed by atoms with Crippen LogP contribution in [0.2, 0.25) is 0 Å². The predicted molar refractivity (Wildman–Crippen MR) is 79.7 cm³/mol. The lowest BCUT2D eigenvalue weighted by molar-refractivity contribution is -0.117. The minimum absolute atomic E-state index is 0.122. The molecule has 3 rings (SSSR count). The molecule has 0 radical (unpaired) electrons. The third kappa shape index (κ3) is 2.16. The Morgan fingerprint density at radius 2 is 1.73 bits per heavy atom. The van der Waals surface area contributed by atoms with E-state index in [9.17, 15) is 14.4 Å². The number of hydrogen-bond donors (Lipinski definition) is 0. The highest BCUT2D eigenvalue weighted by Crippen LogP contribution is 2.28. The topological polar surface area (TPSA) is 63.7 Å². The fourth-order valence-electron chi connectivity index (χ4n) is 2.55. The Morgan fingerprint density at radius 1 is 1.05 bits per heavy atom. The van der Waals surface area contributed by atoms with Gasteiger partial charge in [-0.05, 0) is 23.8 Å². The molecule has 0 spiro atoms. The van der Waals surface area contributed by atoms with Gasteiger partial charge in [-0.2, -0.15) is 0 Å². The van der Waals surface area contributed by atoms with E-state index >= 15 is 0 Å². The molecule has 0 saturated carbocycles. The summed E-state index contributed by atoms with van der Waals surface area (Å²) in [5.74, 6) is -1.38. The fraction of sp³-hybridized carbons (Fsp3) is 0.118. The summed E-state index contributed by atoms with van der Waals surface area (Å²) in [7, 11) is 1.26. The van der Waals surface area contributed by atoms with Crippen LogP contribution in [0.5, 0.6) is 0 Å². The van der Waals surface area contributed by atoms with Crippen LogP contribution in [0.25, 0.3) is 0 Å². The molecule has 2 aromatic carbocycles. The summed E-state index contributed by atoms with van der Waals surface area (Å²) in [4.78, 5) is 37.9. The Balaban J connectivity index is 2.12. The highest BCUT2D eigenvalue weighted by molar-refractivity contribution is 6.26. The third-order valence-electron chi connectivity index (χ3n) is 3.59. The summed E-state index contributed by atoms with van der Waals surface area (Å²) in [6, 6.07) is 13.4. The molecule has 0 saturated heterocycles. The summed E-state index contributed by atoms with van der Waals surface area (Å²) in [5.41, 5.74) is 1.61. The number of hydrogen-bond acceptors (Lipinski definition) is 4. The molecule has 22 heavy (non-hydrogen) atoms. The molecule has 1 aliphatic rings. The number of carbonyl (C=O) groups excluding carboxylic acids is 3. The zero-order valence-corrected chi connectivity index (χ0v) is 11.9. The number of methoxy groups -OCH3 is 1. The Kier molecular flexibility index (Phi) is 3.47. The van der Waals surface area contributed by atoms with Gasteiger partial charge < -0.3 is 4.74 Å². The number of ether oxygens (including phenoxy) is 1. The number of esters is 1. The zero-order chi connectivity index (χ0) is 15.7. The van der Waals surface area contributed by atoms with E-state index in [4.69, 9.17) is 4.74 Å². The van der Waals surface area contributed by atoms with Crippen LogP contribution in [0.1, 0.15) is 26.3 Å². The number of para-hydroxylation sites is 1. The molecule has 1 heterocycles. The highest BCUT2D eigenvalue weighted by atomic mass is 16.5. The van der Waals surface area contributed by atoms with Crippen molar-refractivity contribution in [2.45, 2.75) is 6.42 Å². The molecule has 5 nitrogen and oxygen atoms in total. The van der Waals surface area contributed by atoms with Crippen molar-refractivity contribution in [3.63, 3.8) is 0 Å².